The van der Waals surface area contributed by atoms with Gasteiger partial charge in [0.1, 0.15) is 11.6 Å². The lowest BCUT2D eigenvalue weighted by atomic mass is 10.2. The van der Waals surface area contributed by atoms with Gasteiger partial charge in [0, 0.05) is 37.3 Å². The first-order valence-electron chi connectivity index (χ1n) is 9.42. The van der Waals surface area contributed by atoms with Gasteiger partial charge in [-0.3, -0.25) is 0 Å². The molecule has 0 aliphatic carbocycles. The van der Waals surface area contributed by atoms with Crippen LogP contribution in [0, 0.1) is 0 Å². The Balaban J connectivity index is 1.66. The van der Waals surface area contributed by atoms with E-state index in [-0.39, 0.29) is 0 Å². The van der Waals surface area contributed by atoms with Gasteiger partial charge in [0.15, 0.2) is 0 Å². The number of aromatic nitrogens is 2. The Bertz CT molecular complexity index is 904. The minimum absolute atomic E-state index is 0.792. The summed E-state index contributed by atoms with van der Waals surface area (Å²) in [6.45, 7) is 7.31. The van der Waals surface area contributed by atoms with Gasteiger partial charge in [-0.15, -0.1) is 0 Å². The summed E-state index contributed by atoms with van der Waals surface area (Å²) in [4.78, 5) is 14.4. The van der Waals surface area contributed by atoms with E-state index in [2.05, 4.69) is 28.1 Å². The van der Waals surface area contributed by atoms with Crippen molar-refractivity contribution in [3.05, 3.63) is 48.5 Å². The summed E-state index contributed by atoms with van der Waals surface area (Å²) in [5.41, 5.74) is 1.93. The van der Waals surface area contributed by atoms with Gasteiger partial charge in [-0.05, 0) is 42.9 Å². The molecule has 27 heavy (non-hydrogen) atoms. The molecule has 0 bridgehead atoms. The van der Waals surface area contributed by atoms with Gasteiger partial charge in [0.05, 0.1) is 12.6 Å². The number of para-hydroxylation sites is 1. The number of anilines is 3. The first-order chi connectivity index (χ1) is 13.3. The van der Waals surface area contributed by atoms with Crippen LogP contribution in [-0.2, 0) is 0 Å². The molecule has 1 saturated heterocycles. The maximum atomic E-state index is 5.24. The summed E-state index contributed by atoms with van der Waals surface area (Å²) >= 11 is 0. The second kappa shape index (κ2) is 7.80. The Labute approximate surface area is 159 Å². The van der Waals surface area contributed by atoms with Gasteiger partial charge in [-0.2, -0.15) is 4.98 Å². The first-order valence-corrected chi connectivity index (χ1v) is 9.42. The molecule has 0 unspecified atom stereocenters. The number of nitrogens with one attached hydrogen (secondary N) is 1. The van der Waals surface area contributed by atoms with Crippen molar-refractivity contribution in [2.45, 2.75) is 6.92 Å². The van der Waals surface area contributed by atoms with E-state index in [1.807, 2.05) is 42.5 Å². The highest BCUT2D eigenvalue weighted by atomic mass is 16.5. The molecule has 1 N–H and O–H groups in total. The van der Waals surface area contributed by atoms with E-state index < -0.39 is 0 Å². The van der Waals surface area contributed by atoms with Gasteiger partial charge < -0.3 is 19.9 Å². The van der Waals surface area contributed by atoms with Crippen LogP contribution in [0.1, 0.15) is 6.92 Å². The highest BCUT2D eigenvalue weighted by molar-refractivity contribution is 5.91. The van der Waals surface area contributed by atoms with E-state index in [1.54, 1.807) is 7.11 Å². The molecule has 1 aromatic heterocycles. The lowest BCUT2D eigenvalue weighted by Gasteiger charge is -2.34. The van der Waals surface area contributed by atoms with Crippen LogP contribution >= 0.6 is 0 Å². The maximum Gasteiger partial charge on any atom is 0.227 e. The zero-order valence-electron chi connectivity index (χ0n) is 15.9. The monoisotopic (exact) mass is 363 g/mol. The average molecular weight is 363 g/mol. The number of piperazine rings is 1. The number of fused-ring (bicyclic) bond motifs is 1. The predicted octanol–water partition coefficient (Wildman–Crippen LogP) is 3.52. The molecule has 0 radical (unpaired) electrons. The molecule has 0 saturated carbocycles. The maximum absolute atomic E-state index is 5.24. The zero-order valence-corrected chi connectivity index (χ0v) is 15.9. The Hall–Kier alpha value is -2.86. The van der Waals surface area contributed by atoms with Crippen LogP contribution in [0.3, 0.4) is 0 Å². The molecule has 0 amide bonds. The van der Waals surface area contributed by atoms with E-state index in [9.17, 15) is 0 Å². The molecule has 0 atom stereocenters. The highest BCUT2D eigenvalue weighted by Gasteiger charge is 2.19. The second-order valence-corrected chi connectivity index (χ2v) is 6.66. The summed E-state index contributed by atoms with van der Waals surface area (Å²) in [6.07, 6.45) is 0. The van der Waals surface area contributed by atoms with Crippen molar-refractivity contribution in [3.8, 4) is 5.75 Å². The number of hydrogen-bond acceptors (Lipinski definition) is 6. The fourth-order valence-corrected chi connectivity index (χ4v) is 3.38. The van der Waals surface area contributed by atoms with Crippen molar-refractivity contribution in [3.63, 3.8) is 0 Å². The predicted molar refractivity (Wildman–Crippen MR) is 110 cm³/mol. The zero-order chi connectivity index (χ0) is 18.6. The van der Waals surface area contributed by atoms with Gasteiger partial charge in [-0.1, -0.05) is 19.1 Å². The number of ether oxygens (including phenoxy) is 1. The number of hydrogen-bond donors (Lipinski definition) is 1. The molecule has 1 aliphatic heterocycles. The fraction of sp³-hybridized carbons (Fsp3) is 0.333. The normalized spacial score (nSPS) is 15.1. The average Bonchev–Trinajstić information content (AvgIpc) is 2.74. The van der Waals surface area contributed by atoms with Crippen molar-refractivity contribution < 1.29 is 4.74 Å². The Morgan fingerprint density at radius 2 is 1.70 bits per heavy atom. The minimum atomic E-state index is 0.792. The summed E-state index contributed by atoms with van der Waals surface area (Å²) in [6, 6.07) is 16.0. The van der Waals surface area contributed by atoms with E-state index in [0.29, 0.717) is 0 Å². The number of methoxy groups -OCH3 is 1. The first kappa shape index (κ1) is 17.5. The topological polar surface area (TPSA) is 53.5 Å². The van der Waals surface area contributed by atoms with Gasteiger partial charge in [0.2, 0.25) is 5.95 Å². The van der Waals surface area contributed by atoms with Crippen LogP contribution in [0.15, 0.2) is 48.5 Å². The number of rotatable bonds is 5. The van der Waals surface area contributed by atoms with E-state index in [4.69, 9.17) is 14.7 Å². The van der Waals surface area contributed by atoms with Crippen LogP contribution in [0.5, 0.6) is 5.75 Å². The third kappa shape index (κ3) is 3.80. The summed E-state index contributed by atoms with van der Waals surface area (Å²) in [5, 5.41) is 4.47. The van der Waals surface area contributed by atoms with Crippen molar-refractivity contribution >= 4 is 28.4 Å². The molecule has 3 aromatic rings. The molecular formula is C21H25N5O. The summed E-state index contributed by atoms with van der Waals surface area (Å²) in [7, 11) is 1.67. The van der Waals surface area contributed by atoms with Gasteiger partial charge in [-0.25, -0.2) is 4.98 Å². The van der Waals surface area contributed by atoms with E-state index in [0.717, 1.165) is 66.8 Å². The smallest absolute Gasteiger partial charge is 0.227 e. The van der Waals surface area contributed by atoms with Crippen molar-refractivity contribution in [2.75, 3.05) is 50.1 Å². The number of likely N-dealkylation sites (N-methyl/N-ethyl adjacent to an activating group) is 1. The Kier molecular flexibility index (Phi) is 5.07. The molecule has 4 rings (SSSR count). The van der Waals surface area contributed by atoms with Crippen molar-refractivity contribution in [2.24, 2.45) is 0 Å². The van der Waals surface area contributed by atoms with E-state index >= 15 is 0 Å². The third-order valence-electron chi connectivity index (χ3n) is 5.05. The highest BCUT2D eigenvalue weighted by Crippen LogP contribution is 2.27. The van der Waals surface area contributed by atoms with E-state index in [1.165, 1.54) is 0 Å². The van der Waals surface area contributed by atoms with Gasteiger partial charge in [0.25, 0.3) is 0 Å². The number of nitrogens with zero attached hydrogens (tertiary/aromatic N) is 4. The van der Waals surface area contributed by atoms with Crippen molar-refractivity contribution in [1.29, 1.82) is 0 Å². The molecule has 1 fully saturated rings. The molecule has 6 heteroatoms. The SMILES string of the molecule is CCN1CCN(c2nc(Nc3ccc(OC)cc3)c3ccccc3n2)CC1. The molecular weight excluding hydrogens is 338 g/mol. The quantitative estimate of drug-likeness (QED) is 0.748. The molecule has 6 nitrogen and oxygen atoms in total. The van der Waals surface area contributed by atoms with Gasteiger partial charge >= 0.3 is 0 Å². The molecule has 2 aromatic carbocycles. The van der Waals surface area contributed by atoms with Crippen LogP contribution < -0.4 is 15.0 Å². The number of benzene rings is 2. The lowest BCUT2D eigenvalue weighted by Crippen LogP contribution is -2.46. The molecule has 0 spiro atoms. The van der Waals surface area contributed by atoms with Crippen LogP contribution in [-0.4, -0.2) is 54.7 Å². The Morgan fingerprint density at radius 1 is 0.963 bits per heavy atom. The van der Waals surface area contributed by atoms with Crippen LogP contribution in [0.2, 0.25) is 0 Å². The summed E-state index contributed by atoms with van der Waals surface area (Å²) in [5.74, 6) is 2.46. The second-order valence-electron chi connectivity index (χ2n) is 6.66. The largest absolute Gasteiger partial charge is 0.497 e. The summed E-state index contributed by atoms with van der Waals surface area (Å²) < 4.78 is 5.24. The van der Waals surface area contributed by atoms with Crippen LogP contribution in [0.25, 0.3) is 10.9 Å². The fourth-order valence-electron chi connectivity index (χ4n) is 3.38. The minimum Gasteiger partial charge on any atom is -0.497 e. The van der Waals surface area contributed by atoms with Crippen LogP contribution in [0.4, 0.5) is 17.5 Å². The lowest BCUT2D eigenvalue weighted by molar-refractivity contribution is 0.270. The molecule has 1 aliphatic rings. The Morgan fingerprint density at radius 3 is 2.41 bits per heavy atom. The van der Waals surface area contributed by atoms with Crippen molar-refractivity contribution in [1.82, 2.24) is 14.9 Å². The molecule has 2 heterocycles. The molecule has 140 valence electrons. The third-order valence-corrected chi connectivity index (χ3v) is 5.05. The standard InChI is InChI=1S/C21H25N5O/c1-3-25-12-14-26(15-13-25)21-23-19-7-5-4-6-18(19)20(24-21)22-16-8-10-17(27-2)11-9-16/h4-11H,3,12-15H2,1-2H3,(H,22,23,24).